The first-order chi connectivity index (χ1) is 9.71. The molecule has 0 bridgehead atoms. The normalized spacial score (nSPS) is 11.9. The summed E-state index contributed by atoms with van der Waals surface area (Å²) in [5, 5.41) is 0. The first kappa shape index (κ1) is 18.3. The molecule has 0 fully saturated rings. The summed E-state index contributed by atoms with van der Waals surface area (Å²) in [6.45, 7) is 9.27. The fraction of sp³-hybridized carbons (Fsp3) is 0.600. The van der Waals surface area contributed by atoms with E-state index in [9.17, 15) is 8.42 Å². The Hall–Kier alpha value is -0.780. The van der Waals surface area contributed by atoms with E-state index >= 15 is 0 Å². The highest BCUT2D eigenvalue weighted by molar-refractivity contribution is 8.13. The average Bonchev–Trinajstić information content (AvgIpc) is 2.33. The quantitative estimate of drug-likeness (QED) is 0.537. The van der Waals surface area contributed by atoms with Crippen molar-refractivity contribution in [2.45, 2.75) is 39.0 Å². The van der Waals surface area contributed by atoms with Crippen LogP contribution in [0.4, 0.5) is 0 Å². The first-order valence-corrected chi connectivity index (χ1v) is 9.29. The Morgan fingerprint density at radius 2 is 1.81 bits per heavy atom. The van der Waals surface area contributed by atoms with Gasteiger partial charge in [0.2, 0.25) is 0 Å². The van der Waals surface area contributed by atoms with Crippen LogP contribution in [0.2, 0.25) is 0 Å². The maximum atomic E-state index is 11.6. The lowest BCUT2D eigenvalue weighted by molar-refractivity contribution is 0.0914. The van der Waals surface area contributed by atoms with Gasteiger partial charge in [0, 0.05) is 17.3 Å². The van der Waals surface area contributed by atoms with Gasteiger partial charge in [0.15, 0.2) is 0 Å². The second kappa shape index (κ2) is 8.01. The molecule has 0 spiro atoms. The molecule has 0 heterocycles. The minimum Gasteiger partial charge on any atom is -0.489 e. The molecule has 1 aromatic carbocycles. The summed E-state index contributed by atoms with van der Waals surface area (Å²) in [4.78, 5) is 0.0175. The molecule has 0 saturated heterocycles. The lowest BCUT2D eigenvalue weighted by atomic mass is 10.1. The van der Waals surface area contributed by atoms with E-state index in [1.165, 1.54) is 6.07 Å². The second-order valence-corrected chi connectivity index (χ2v) is 8.02. The van der Waals surface area contributed by atoms with Crippen molar-refractivity contribution in [3.8, 4) is 5.75 Å². The van der Waals surface area contributed by atoms with Crippen molar-refractivity contribution in [1.82, 2.24) is 0 Å². The maximum Gasteiger partial charge on any atom is 0.265 e. The predicted octanol–water partition coefficient (Wildman–Crippen LogP) is 3.67. The van der Waals surface area contributed by atoms with Crippen LogP contribution in [-0.4, -0.2) is 28.2 Å². The fourth-order valence-corrected chi connectivity index (χ4v) is 3.02. The molecule has 1 rings (SSSR count). The van der Waals surface area contributed by atoms with Crippen molar-refractivity contribution in [2.24, 2.45) is 5.92 Å². The van der Waals surface area contributed by atoms with Gasteiger partial charge in [0.1, 0.15) is 17.3 Å². The van der Waals surface area contributed by atoms with Crippen molar-refractivity contribution in [1.29, 1.82) is 0 Å². The Kier molecular flexibility index (Phi) is 6.97. The SMILES string of the molecule is Cc1cc(C)c(OCCOCCC(C)C)c(S(=O)(=O)Cl)c1. The number of rotatable bonds is 8. The summed E-state index contributed by atoms with van der Waals surface area (Å²) in [6.07, 6.45) is 0.991. The monoisotopic (exact) mass is 334 g/mol. The molecule has 0 saturated carbocycles. The van der Waals surface area contributed by atoms with Crippen molar-refractivity contribution < 1.29 is 17.9 Å². The molecular weight excluding hydrogens is 312 g/mol. The molecule has 120 valence electrons. The van der Waals surface area contributed by atoms with Crippen LogP contribution < -0.4 is 4.74 Å². The molecule has 0 aliphatic carbocycles. The molecule has 1 aromatic rings. The van der Waals surface area contributed by atoms with Gasteiger partial charge in [0.05, 0.1) is 6.61 Å². The van der Waals surface area contributed by atoms with Gasteiger partial charge in [-0.15, -0.1) is 0 Å². The van der Waals surface area contributed by atoms with E-state index in [1.807, 2.05) is 13.0 Å². The summed E-state index contributed by atoms with van der Waals surface area (Å²) < 4.78 is 34.3. The summed E-state index contributed by atoms with van der Waals surface area (Å²) in [5.74, 6) is 0.904. The summed E-state index contributed by atoms with van der Waals surface area (Å²) >= 11 is 0. The molecule has 0 aromatic heterocycles. The van der Waals surface area contributed by atoms with E-state index in [2.05, 4.69) is 13.8 Å². The minimum absolute atomic E-state index is 0.0175. The third-order valence-corrected chi connectivity index (χ3v) is 4.29. The Morgan fingerprint density at radius 3 is 2.38 bits per heavy atom. The Morgan fingerprint density at radius 1 is 1.14 bits per heavy atom. The fourth-order valence-electron chi connectivity index (χ4n) is 1.91. The highest BCUT2D eigenvalue weighted by Crippen LogP contribution is 2.31. The third kappa shape index (κ3) is 6.24. The van der Waals surface area contributed by atoms with Gasteiger partial charge in [-0.3, -0.25) is 0 Å². The highest BCUT2D eigenvalue weighted by atomic mass is 35.7. The lowest BCUT2D eigenvalue weighted by Gasteiger charge is -2.14. The summed E-state index contributed by atoms with van der Waals surface area (Å²) in [5.41, 5.74) is 1.57. The number of hydrogen-bond acceptors (Lipinski definition) is 4. The van der Waals surface area contributed by atoms with Gasteiger partial charge >= 0.3 is 0 Å². The predicted molar refractivity (Wildman–Crippen MR) is 84.7 cm³/mol. The molecule has 0 aliphatic rings. The van der Waals surface area contributed by atoms with Crippen LogP contribution in [0, 0.1) is 19.8 Å². The second-order valence-electron chi connectivity index (χ2n) is 5.49. The smallest absolute Gasteiger partial charge is 0.265 e. The van der Waals surface area contributed by atoms with Crippen LogP contribution in [0.3, 0.4) is 0 Å². The number of benzene rings is 1. The molecule has 0 aliphatic heterocycles. The highest BCUT2D eigenvalue weighted by Gasteiger charge is 2.19. The number of halogens is 1. The lowest BCUT2D eigenvalue weighted by Crippen LogP contribution is -2.11. The largest absolute Gasteiger partial charge is 0.489 e. The number of aryl methyl sites for hydroxylation is 2. The van der Waals surface area contributed by atoms with E-state index in [-0.39, 0.29) is 4.90 Å². The molecule has 4 nitrogen and oxygen atoms in total. The van der Waals surface area contributed by atoms with Crippen LogP contribution in [-0.2, 0) is 13.8 Å². The molecule has 6 heteroatoms. The summed E-state index contributed by atoms with van der Waals surface area (Å²) in [6, 6.07) is 3.38. The van der Waals surface area contributed by atoms with Crippen LogP contribution in [0.25, 0.3) is 0 Å². The van der Waals surface area contributed by atoms with Crippen LogP contribution in [0.1, 0.15) is 31.4 Å². The average molecular weight is 335 g/mol. The van der Waals surface area contributed by atoms with Gasteiger partial charge in [-0.05, 0) is 43.4 Å². The Labute approximate surface area is 131 Å². The zero-order valence-corrected chi connectivity index (χ0v) is 14.6. The zero-order valence-electron chi connectivity index (χ0n) is 13.0. The van der Waals surface area contributed by atoms with E-state index in [0.717, 1.165) is 17.5 Å². The van der Waals surface area contributed by atoms with Gasteiger partial charge < -0.3 is 9.47 Å². The maximum absolute atomic E-state index is 11.6. The molecule has 0 radical (unpaired) electrons. The van der Waals surface area contributed by atoms with Crippen molar-refractivity contribution >= 4 is 19.7 Å². The van der Waals surface area contributed by atoms with Crippen LogP contribution in [0.5, 0.6) is 5.75 Å². The van der Waals surface area contributed by atoms with Gasteiger partial charge in [-0.2, -0.15) is 0 Å². The van der Waals surface area contributed by atoms with E-state index in [1.54, 1.807) is 6.92 Å². The van der Waals surface area contributed by atoms with Crippen LogP contribution in [0.15, 0.2) is 17.0 Å². The Balaban J connectivity index is 2.67. The number of ether oxygens (including phenoxy) is 2. The van der Waals surface area contributed by atoms with Crippen molar-refractivity contribution in [3.05, 3.63) is 23.3 Å². The molecule has 0 unspecified atom stereocenters. The molecule has 21 heavy (non-hydrogen) atoms. The van der Waals surface area contributed by atoms with Crippen LogP contribution >= 0.6 is 10.7 Å². The van der Waals surface area contributed by atoms with E-state index < -0.39 is 9.05 Å². The number of hydrogen-bond donors (Lipinski definition) is 0. The molecule has 0 atom stereocenters. The minimum atomic E-state index is -3.83. The summed E-state index contributed by atoms with van der Waals surface area (Å²) in [7, 11) is 1.64. The standard InChI is InChI=1S/C15H23ClO4S/c1-11(2)5-6-19-7-8-20-15-13(4)9-12(3)10-14(15)21(16,17)18/h9-11H,5-8H2,1-4H3. The van der Waals surface area contributed by atoms with Crippen molar-refractivity contribution in [2.75, 3.05) is 19.8 Å². The van der Waals surface area contributed by atoms with Gasteiger partial charge in [0.25, 0.3) is 9.05 Å². The molecule has 0 N–H and O–H groups in total. The Bertz CT molecular complexity index is 567. The third-order valence-electron chi connectivity index (χ3n) is 2.96. The van der Waals surface area contributed by atoms with Gasteiger partial charge in [-0.1, -0.05) is 19.9 Å². The van der Waals surface area contributed by atoms with E-state index in [0.29, 0.717) is 31.5 Å². The van der Waals surface area contributed by atoms with Crippen molar-refractivity contribution in [3.63, 3.8) is 0 Å². The zero-order chi connectivity index (χ0) is 16.0. The van der Waals surface area contributed by atoms with Gasteiger partial charge in [-0.25, -0.2) is 8.42 Å². The van der Waals surface area contributed by atoms with E-state index in [4.69, 9.17) is 20.2 Å². The first-order valence-electron chi connectivity index (χ1n) is 6.98. The topological polar surface area (TPSA) is 52.6 Å². The molecular formula is C15H23ClO4S. The molecule has 0 amide bonds.